The average molecular weight is 222 g/mol. The third-order valence-corrected chi connectivity index (χ3v) is 4.09. The lowest BCUT2D eigenvalue weighted by atomic mass is 9.59. The van der Waals surface area contributed by atoms with Crippen LogP contribution in [0.3, 0.4) is 0 Å². The predicted molar refractivity (Wildman–Crippen MR) is 75.3 cm³/mol. The monoisotopic (exact) mass is 222 g/mol. The largest absolute Gasteiger partial charge is 0.148 e. The summed E-state index contributed by atoms with van der Waals surface area (Å²) < 4.78 is 0. The molecule has 0 radical (unpaired) electrons. The first kappa shape index (κ1) is 13.0. The molecule has 0 aromatic rings. The topological polar surface area (TPSA) is 0 Å². The minimum atomic E-state index is 0.734. The van der Waals surface area contributed by atoms with Crippen LogP contribution in [0, 0.1) is 0 Å². The average Bonchev–Trinajstić information content (AvgIpc) is 2.22. The van der Waals surface area contributed by atoms with Crippen LogP contribution in [0.15, 0.2) is 21.6 Å². The highest BCUT2D eigenvalue weighted by molar-refractivity contribution is 7.84. The fourth-order valence-electron chi connectivity index (χ4n) is 2.52. The Labute approximate surface area is 101 Å². The molecule has 84 valence electrons. The summed E-state index contributed by atoms with van der Waals surface area (Å²) in [6.45, 7) is 9.12. The molecule has 1 rings (SSSR count). The molecule has 15 heavy (non-hydrogen) atoms. The highest BCUT2D eigenvalue weighted by Crippen LogP contribution is 2.40. The van der Waals surface area contributed by atoms with Crippen molar-refractivity contribution in [3.63, 3.8) is 0 Å². The van der Waals surface area contributed by atoms with E-state index in [1.54, 1.807) is 11.1 Å². The SMILES string of the molecule is CBC(CCC)C1=C(S)CCC(C)=C1C. The second kappa shape index (κ2) is 5.84. The summed E-state index contributed by atoms with van der Waals surface area (Å²) in [5.41, 5.74) is 4.65. The first-order valence-corrected chi connectivity index (χ1v) is 6.65. The van der Waals surface area contributed by atoms with E-state index < -0.39 is 0 Å². The van der Waals surface area contributed by atoms with Gasteiger partial charge in [-0.3, -0.25) is 0 Å². The van der Waals surface area contributed by atoms with E-state index in [0.717, 1.165) is 12.2 Å². The van der Waals surface area contributed by atoms with Crippen molar-refractivity contribution < 1.29 is 0 Å². The van der Waals surface area contributed by atoms with Gasteiger partial charge >= 0.3 is 0 Å². The summed E-state index contributed by atoms with van der Waals surface area (Å²) in [6, 6.07) is 0. The second-order valence-corrected chi connectivity index (χ2v) is 5.20. The molecule has 1 aliphatic carbocycles. The van der Waals surface area contributed by atoms with E-state index in [-0.39, 0.29) is 0 Å². The summed E-state index contributed by atoms with van der Waals surface area (Å²) in [6.07, 6.45) is 4.94. The van der Waals surface area contributed by atoms with Gasteiger partial charge in [-0.1, -0.05) is 32.2 Å². The Hall–Kier alpha value is -0.105. The van der Waals surface area contributed by atoms with Crippen LogP contribution in [0.2, 0.25) is 12.6 Å². The molecule has 0 nitrogen and oxygen atoms in total. The summed E-state index contributed by atoms with van der Waals surface area (Å²) in [5, 5.41) is 0. The molecule has 0 bridgehead atoms. The molecular weight excluding hydrogens is 199 g/mol. The molecule has 0 aliphatic heterocycles. The van der Waals surface area contributed by atoms with Gasteiger partial charge in [0.2, 0.25) is 0 Å². The zero-order chi connectivity index (χ0) is 11.4. The van der Waals surface area contributed by atoms with Gasteiger partial charge in [0.05, 0.1) is 0 Å². The Morgan fingerprint density at radius 2 is 2.00 bits per heavy atom. The van der Waals surface area contributed by atoms with Gasteiger partial charge in [-0.15, -0.1) is 12.6 Å². The highest BCUT2D eigenvalue weighted by atomic mass is 32.1. The van der Waals surface area contributed by atoms with Crippen LogP contribution < -0.4 is 0 Å². The van der Waals surface area contributed by atoms with E-state index in [0.29, 0.717) is 0 Å². The van der Waals surface area contributed by atoms with Gasteiger partial charge < -0.3 is 0 Å². The molecule has 1 unspecified atom stereocenters. The summed E-state index contributed by atoms with van der Waals surface area (Å²) in [5.74, 6) is 0.734. The van der Waals surface area contributed by atoms with Crippen LogP contribution in [-0.2, 0) is 0 Å². The lowest BCUT2D eigenvalue weighted by molar-refractivity contribution is 0.762. The number of hydrogen-bond acceptors (Lipinski definition) is 1. The fraction of sp³-hybridized carbons (Fsp3) is 0.692. The van der Waals surface area contributed by atoms with E-state index in [1.165, 1.54) is 37.0 Å². The molecule has 0 saturated heterocycles. The Morgan fingerprint density at radius 3 is 2.53 bits per heavy atom. The van der Waals surface area contributed by atoms with Crippen molar-refractivity contribution in [3.8, 4) is 0 Å². The van der Waals surface area contributed by atoms with Gasteiger partial charge in [0.25, 0.3) is 0 Å². The zero-order valence-corrected chi connectivity index (χ0v) is 11.5. The number of hydrogen-bond donors (Lipinski definition) is 1. The number of thiol groups is 1. The fourth-order valence-corrected chi connectivity index (χ4v) is 2.98. The maximum atomic E-state index is 4.69. The Kier molecular flexibility index (Phi) is 5.04. The van der Waals surface area contributed by atoms with Gasteiger partial charge in [-0.05, 0) is 48.6 Å². The van der Waals surface area contributed by atoms with Crippen LogP contribution in [-0.4, -0.2) is 7.28 Å². The van der Waals surface area contributed by atoms with Crippen LogP contribution >= 0.6 is 12.6 Å². The van der Waals surface area contributed by atoms with Crippen molar-refractivity contribution in [1.29, 1.82) is 0 Å². The molecule has 2 heteroatoms. The quantitative estimate of drug-likeness (QED) is 0.529. The predicted octanol–water partition coefficient (Wildman–Crippen LogP) is 4.37. The van der Waals surface area contributed by atoms with Crippen molar-refractivity contribution in [2.24, 2.45) is 0 Å². The second-order valence-electron chi connectivity index (χ2n) is 4.66. The van der Waals surface area contributed by atoms with E-state index in [4.69, 9.17) is 0 Å². The van der Waals surface area contributed by atoms with Gasteiger partial charge in [0.15, 0.2) is 0 Å². The lowest BCUT2D eigenvalue weighted by Gasteiger charge is -2.27. The normalized spacial score (nSPS) is 19.5. The summed E-state index contributed by atoms with van der Waals surface area (Å²) in [7, 11) is 1.25. The molecule has 0 spiro atoms. The van der Waals surface area contributed by atoms with E-state index >= 15 is 0 Å². The van der Waals surface area contributed by atoms with Crippen molar-refractivity contribution in [2.45, 2.75) is 59.1 Å². The molecule has 0 aromatic carbocycles. The van der Waals surface area contributed by atoms with Crippen molar-refractivity contribution >= 4 is 19.9 Å². The lowest BCUT2D eigenvalue weighted by Crippen LogP contribution is -2.10. The molecule has 1 aliphatic rings. The Morgan fingerprint density at radius 1 is 1.33 bits per heavy atom. The van der Waals surface area contributed by atoms with Gasteiger partial charge in [-0.25, -0.2) is 0 Å². The third-order valence-electron chi connectivity index (χ3n) is 3.63. The molecule has 0 N–H and O–H groups in total. The maximum absolute atomic E-state index is 4.69. The first-order valence-electron chi connectivity index (χ1n) is 6.20. The van der Waals surface area contributed by atoms with Gasteiger partial charge in [-0.2, -0.15) is 0 Å². The third kappa shape index (κ3) is 2.93. The van der Waals surface area contributed by atoms with Gasteiger partial charge in [0, 0.05) is 0 Å². The van der Waals surface area contributed by atoms with Crippen LogP contribution in [0.4, 0.5) is 0 Å². The molecule has 0 amide bonds. The maximum Gasteiger partial charge on any atom is 0.126 e. The minimum absolute atomic E-state index is 0.734. The summed E-state index contributed by atoms with van der Waals surface area (Å²) in [4.78, 5) is 1.35. The van der Waals surface area contributed by atoms with Crippen molar-refractivity contribution in [2.75, 3.05) is 0 Å². The van der Waals surface area contributed by atoms with E-state index in [2.05, 4.69) is 40.2 Å². The molecule has 0 fully saturated rings. The molecular formula is C13H23BS. The number of rotatable bonds is 4. The van der Waals surface area contributed by atoms with Crippen molar-refractivity contribution in [1.82, 2.24) is 0 Å². The molecule has 0 aromatic heterocycles. The van der Waals surface area contributed by atoms with Gasteiger partial charge in [0.1, 0.15) is 7.28 Å². The minimum Gasteiger partial charge on any atom is -0.148 e. The summed E-state index contributed by atoms with van der Waals surface area (Å²) >= 11 is 4.69. The van der Waals surface area contributed by atoms with E-state index in [1.807, 2.05) is 0 Å². The standard InChI is InChI=1S/C13H23BS/c1-5-6-11(14-4)13-10(3)9(2)7-8-12(13)15/h11,14-15H,5-8H2,1-4H3. The van der Waals surface area contributed by atoms with Crippen LogP contribution in [0.1, 0.15) is 46.5 Å². The first-order chi connectivity index (χ1) is 7.11. The zero-order valence-electron chi connectivity index (χ0n) is 10.6. The molecule has 0 heterocycles. The molecule has 1 atom stereocenters. The Balaban J connectivity index is 2.98. The Bertz CT molecular complexity index is 289. The van der Waals surface area contributed by atoms with Crippen LogP contribution in [0.25, 0.3) is 0 Å². The smallest absolute Gasteiger partial charge is 0.126 e. The molecule has 0 saturated carbocycles. The van der Waals surface area contributed by atoms with E-state index in [9.17, 15) is 0 Å². The highest BCUT2D eigenvalue weighted by Gasteiger charge is 2.21. The van der Waals surface area contributed by atoms with Crippen LogP contribution in [0.5, 0.6) is 0 Å². The van der Waals surface area contributed by atoms with Crippen molar-refractivity contribution in [3.05, 3.63) is 21.6 Å². The number of allylic oxidation sites excluding steroid dienone is 4.